The fourth-order valence-electron chi connectivity index (χ4n) is 1.23. The summed E-state index contributed by atoms with van der Waals surface area (Å²) in [6.45, 7) is 8.87. The average Bonchev–Trinajstić information content (AvgIpc) is 2.61. The third kappa shape index (κ3) is 3.65. The molecule has 0 saturated heterocycles. The molecule has 1 unspecified atom stereocenters. The third-order valence-corrected chi connectivity index (χ3v) is 3.52. The summed E-state index contributed by atoms with van der Waals surface area (Å²) < 4.78 is 0. The first-order valence-corrected chi connectivity index (χ1v) is 5.97. The van der Waals surface area contributed by atoms with Crippen molar-refractivity contribution in [2.24, 2.45) is 5.41 Å². The first-order valence-electron chi connectivity index (χ1n) is 5.15. The van der Waals surface area contributed by atoms with Gasteiger partial charge in [0.2, 0.25) is 0 Å². The zero-order chi connectivity index (χ0) is 11.5. The van der Waals surface area contributed by atoms with Gasteiger partial charge in [-0.15, -0.1) is 11.3 Å². The lowest BCUT2D eigenvalue weighted by atomic mass is 9.95. The van der Waals surface area contributed by atoms with E-state index in [0.29, 0.717) is 6.04 Å². The maximum atomic E-state index is 8.89. The van der Waals surface area contributed by atoms with Crippen molar-refractivity contribution in [1.82, 2.24) is 5.32 Å². The van der Waals surface area contributed by atoms with Crippen LogP contribution < -0.4 is 5.32 Å². The van der Waals surface area contributed by atoms with Gasteiger partial charge in [-0.1, -0.05) is 0 Å². The Morgan fingerprint density at radius 3 is 2.67 bits per heavy atom. The van der Waals surface area contributed by atoms with E-state index in [1.54, 1.807) is 0 Å². The second kappa shape index (κ2) is 4.78. The van der Waals surface area contributed by atoms with E-state index >= 15 is 0 Å². The van der Waals surface area contributed by atoms with E-state index in [4.69, 9.17) is 5.26 Å². The molecule has 0 fully saturated rings. The van der Waals surface area contributed by atoms with Crippen LogP contribution in [0, 0.1) is 23.7 Å². The summed E-state index contributed by atoms with van der Waals surface area (Å²) in [7, 11) is 0. The molecular weight excluding hydrogens is 204 g/mol. The van der Waals surface area contributed by atoms with Crippen LogP contribution in [0.25, 0.3) is 0 Å². The smallest absolute Gasteiger partial charge is 0.0697 e. The Bertz CT molecular complexity index is 360. The maximum absolute atomic E-state index is 8.89. The Morgan fingerprint density at radius 2 is 2.20 bits per heavy atom. The van der Waals surface area contributed by atoms with Gasteiger partial charge in [0, 0.05) is 22.3 Å². The number of rotatable bonds is 4. The van der Waals surface area contributed by atoms with Gasteiger partial charge in [-0.2, -0.15) is 5.26 Å². The first-order chi connectivity index (χ1) is 6.94. The van der Waals surface area contributed by atoms with Crippen LogP contribution in [0.3, 0.4) is 0 Å². The van der Waals surface area contributed by atoms with Crippen LogP contribution in [0.1, 0.15) is 36.6 Å². The highest BCUT2D eigenvalue weighted by Crippen LogP contribution is 2.23. The Balaban J connectivity index is 2.51. The van der Waals surface area contributed by atoms with Crippen molar-refractivity contribution in [2.75, 3.05) is 6.54 Å². The van der Waals surface area contributed by atoms with E-state index in [0.717, 1.165) is 6.54 Å². The van der Waals surface area contributed by atoms with E-state index in [-0.39, 0.29) is 5.41 Å². The highest BCUT2D eigenvalue weighted by Gasteiger charge is 2.18. The van der Waals surface area contributed by atoms with Crippen LogP contribution in [0.4, 0.5) is 0 Å². The molecule has 0 aliphatic heterocycles. The second-order valence-corrected chi connectivity index (χ2v) is 5.87. The number of thiophene rings is 1. The molecule has 2 nitrogen and oxygen atoms in total. The fourth-order valence-corrected chi connectivity index (χ4v) is 2.14. The van der Waals surface area contributed by atoms with Crippen molar-refractivity contribution in [3.8, 4) is 6.07 Å². The number of aryl methyl sites for hydroxylation is 1. The van der Waals surface area contributed by atoms with Crippen molar-refractivity contribution in [3.63, 3.8) is 0 Å². The van der Waals surface area contributed by atoms with Gasteiger partial charge in [-0.3, -0.25) is 0 Å². The van der Waals surface area contributed by atoms with E-state index < -0.39 is 0 Å². The minimum Gasteiger partial charge on any atom is -0.308 e. The van der Waals surface area contributed by atoms with Crippen molar-refractivity contribution < 1.29 is 0 Å². The van der Waals surface area contributed by atoms with Gasteiger partial charge in [0.05, 0.1) is 11.5 Å². The number of nitrogens with one attached hydrogen (secondary N) is 1. The number of hydrogen-bond acceptors (Lipinski definition) is 3. The normalized spacial score (nSPS) is 13.5. The topological polar surface area (TPSA) is 35.8 Å². The number of nitriles is 1. The second-order valence-electron chi connectivity index (χ2n) is 4.55. The molecule has 0 amide bonds. The highest BCUT2D eigenvalue weighted by atomic mass is 32.1. The van der Waals surface area contributed by atoms with Crippen LogP contribution >= 0.6 is 11.3 Å². The number of hydrogen-bond donors (Lipinski definition) is 1. The molecule has 0 aromatic carbocycles. The van der Waals surface area contributed by atoms with E-state index in [1.807, 2.05) is 25.2 Å². The van der Waals surface area contributed by atoms with Gasteiger partial charge in [0.15, 0.2) is 0 Å². The molecule has 0 saturated carbocycles. The summed E-state index contributed by atoms with van der Waals surface area (Å²) in [5, 5.41) is 12.3. The summed E-state index contributed by atoms with van der Waals surface area (Å²) in [4.78, 5) is 2.67. The van der Waals surface area contributed by atoms with E-state index in [1.165, 1.54) is 9.75 Å². The molecule has 1 aromatic heterocycles. The molecule has 0 radical (unpaired) electrons. The highest BCUT2D eigenvalue weighted by molar-refractivity contribution is 7.12. The summed E-state index contributed by atoms with van der Waals surface area (Å²) in [5.41, 5.74) is -0.291. The van der Waals surface area contributed by atoms with Crippen molar-refractivity contribution in [2.45, 2.75) is 33.7 Å². The maximum Gasteiger partial charge on any atom is 0.0697 e. The third-order valence-electron chi connectivity index (χ3n) is 2.34. The zero-order valence-corrected chi connectivity index (χ0v) is 10.6. The van der Waals surface area contributed by atoms with Crippen molar-refractivity contribution in [3.05, 3.63) is 21.9 Å². The average molecular weight is 222 g/mol. The lowest BCUT2D eigenvalue weighted by Crippen LogP contribution is -2.29. The first kappa shape index (κ1) is 12.2. The summed E-state index contributed by atoms with van der Waals surface area (Å²) in [6.07, 6.45) is 0. The summed E-state index contributed by atoms with van der Waals surface area (Å²) in [6, 6.07) is 6.91. The molecule has 1 heterocycles. The van der Waals surface area contributed by atoms with Crippen molar-refractivity contribution in [1.29, 1.82) is 5.26 Å². The zero-order valence-electron chi connectivity index (χ0n) is 9.79. The van der Waals surface area contributed by atoms with Crippen LogP contribution in [0.2, 0.25) is 0 Å². The summed E-state index contributed by atoms with van der Waals surface area (Å²) in [5.74, 6) is 0. The van der Waals surface area contributed by atoms with Gasteiger partial charge < -0.3 is 5.32 Å². The quantitative estimate of drug-likeness (QED) is 0.848. The van der Waals surface area contributed by atoms with Crippen LogP contribution in [0.15, 0.2) is 12.1 Å². The molecule has 1 rings (SSSR count). The van der Waals surface area contributed by atoms with Crippen molar-refractivity contribution >= 4 is 11.3 Å². The predicted molar refractivity (Wildman–Crippen MR) is 64.9 cm³/mol. The molecular formula is C12H18N2S. The Morgan fingerprint density at radius 1 is 1.53 bits per heavy atom. The molecule has 0 bridgehead atoms. The molecule has 82 valence electrons. The summed E-state index contributed by atoms with van der Waals surface area (Å²) >= 11 is 1.81. The molecule has 0 aliphatic rings. The minimum absolute atomic E-state index is 0.291. The minimum atomic E-state index is -0.291. The monoisotopic (exact) mass is 222 g/mol. The standard InChI is InChI=1S/C12H18N2S/c1-9-5-6-11(15-9)10(2)14-8-12(3,4)7-13/h5-6,10,14H,8H2,1-4H3. The molecule has 1 aromatic rings. The van der Waals surface area contributed by atoms with Gasteiger partial charge in [0.1, 0.15) is 0 Å². The van der Waals surface area contributed by atoms with E-state index in [2.05, 4.69) is 37.4 Å². The predicted octanol–water partition coefficient (Wildman–Crippen LogP) is 3.26. The van der Waals surface area contributed by atoms with Crippen LogP contribution in [-0.2, 0) is 0 Å². The largest absolute Gasteiger partial charge is 0.308 e. The van der Waals surface area contributed by atoms with Crippen LogP contribution in [-0.4, -0.2) is 6.54 Å². The van der Waals surface area contributed by atoms with Gasteiger partial charge in [-0.25, -0.2) is 0 Å². The lowest BCUT2D eigenvalue weighted by molar-refractivity contribution is 0.417. The molecule has 3 heteroatoms. The molecule has 0 aliphatic carbocycles. The molecule has 0 spiro atoms. The van der Waals surface area contributed by atoms with Crippen LogP contribution in [0.5, 0.6) is 0 Å². The van der Waals surface area contributed by atoms with E-state index in [9.17, 15) is 0 Å². The Kier molecular flexibility index (Phi) is 3.90. The van der Waals surface area contributed by atoms with Gasteiger partial charge in [-0.05, 0) is 39.8 Å². The Labute approximate surface area is 95.9 Å². The SMILES string of the molecule is Cc1ccc(C(C)NCC(C)(C)C#N)s1. The molecule has 1 N–H and O–H groups in total. The van der Waals surface area contributed by atoms with Gasteiger partial charge in [0.25, 0.3) is 0 Å². The molecule has 1 atom stereocenters. The fraction of sp³-hybridized carbons (Fsp3) is 0.583. The Hall–Kier alpha value is -0.850. The number of nitrogens with zero attached hydrogens (tertiary/aromatic N) is 1. The van der Waals surface area contributed by atoms with Gasteiger partial charge >= 0.3 is 0 Å². The lowest BCUT2D eigenvalue weighted by Gasteiger charge is -2.19. The molecule has 15 heavy (non-hydrogen) atoms.